The molecule has 12 heteroatoms. The first-order chi connectivity index (χ1) is 20.9. The summed E-state index contributed by atoms with van der Waals surface area (Å²) in [5.74, 6) is -7.93. The smallest absolute Gasteiger partial charge is 0.337 e. The zero-order valence-electron chi connectivity index (χ0n) is 23.5. The van der Waals surface area contributed by atoms with Crippen molar-refractivity contribution >= 4 is 52.4 Å². The molecule has 2 aromatic carbocycles. The summed E-state index contributed by atoms with van der Waals surface area (Å²) in [6, 6.07) is 10.3. The van der Waals surface area contributed by atoms with E-state index in [1.807, 2.05) is 0 Å². The molecule has 2 aromatic rings. The maximum atomic E-state index is 16.6. The van der Waals surface area contributed by atoms with Crippen molar-refractivity contribution in [2.24, 2.45) is 17.8 Å². The van der Waals surface area contributed by atoms with E-state index in [9.17, 15) is 23.2 Å². The summed E-state index contributed by atoms with van der Waals surface area (Å²) < 4.78 is 49.4. The predicted octanol–water partition coefficient (Wildman–Crippen LogP) is 6.44. The number of methoxy groups -OCH3 is 1. The highest BCUT2D eigenvalue weighted by atomic mass is 35.5. The number of hydrogen-bond donors (Lipinski definition) is 1. The van der Waals surface area contributed by atoms with Crippen LogP contribution in [0.2, 0.25) is 5.02 Å². The minimum atomic E-state index is -2.82. The molecule has 2 amide bonds. The number of alkyl halides is 2. The highest BCUT2D eigenvalue weighted by Gasteiger charge is 2.72. The van der Waals surface area contributed by atoms with E-state index >= 15 is 4.39 Å². The Bertz CT molecular complexity index is 1620. The van der Waals surface area contributed by atoms with E-state index in [2.05, 4.69) is 11.9 Å². The zero-order chi connectivity index (χ0) is 31.6. The number of anilines is 2. The van der Waals surface area contributed by atoms with E-state index in [4.69, 9.17) is 27.9 Å². The van der Waals surface area contributed by atoms with Crippen LogP contribution >= 0.6 is 23.2 Å². The Morgan fingerprint density at radius 1 is 1.18 bits per heavy atom. The van der Waals surface area contributed by atoms with Gasteiger partial charge < -0.3 is 15.0 Å². The monoisotopic (exact) mass is 645 g/mol. The average Bonchev–Trinajstić information content (AvgIpc) is 3.54. The molecule has 230 valence electrons. The molecule has 0 aromatic heterocycles. The lowest BCUT2D eigenvalue weighted by Crippen LogP contribution is -2.57. The number of ether oxygens (including phenoxy) is 1. The van der Waals surface area contributed by atoms with Crippen molar-refractivity contribution in [1.82, 2.24) is 4.90 Å². The second kappa shape index (κ2) is 11.1. The van der Waals surface area contributed by atoms with E-state index in [1.165, 1.54) is 36.3 Å². The molecule has 2 saturated heterocycles. The van der Waals surface area contributed by atoms with E-state index in [1.54, 1.807) is 35.2 Å². The van der Waals surface area contributed by atoms with Crippen LogP contribution in [-0.4, -0.2) is 54.8 Å². The summed E-state index contributed by atoms with van der Waals surface area (Å²) in [6.07, 6.45) is 3.13. The molecule has 0 unspecified atom stereocenters. The van der Waals surface area contributed by atoms with Gasteiger partial charge in [0.1, 0.15) is 11.4 Å². The summed E-state index contributed by atoms with van der Waals surface area (Å²) in [4.78, 5) is 43.6. The molecule has 0 radical (unpaired) electrons. The Balaban J connectivity index is 1.49. The molecule has 6 rings (SSSR count). The molecule has 3 fully saturated rings. The minimum Gasteiger partial charge on any atom is -0.465 e. The normalized spacial score (nSPS) is 27.9. The Hall–Kier alpha value is -3.60. The molecule has 44 heavy (non-hydrogen) atoms. The van der Waals surface area contributed by atoms with Crippen molar-refractivity contribution < 1.29 is 32.3 Å². The maximum Gasteiger partial charge on any atom is 0.337 e. The van der Waals surface area contributed by atoms with Gasteiger partial charge in [0.05, 0.1) is 24.5 Å². The van der Waals surface area contributed by atoms with Gasteiger partial charge >= 0.3 is 5.97 Å². The van der Waals surface area contributed by atoms with Gasteiger partial charge in [-0.1, -0.05) is 41.9 Å². The van der Waals surface area contributed by atoms with Crippen LogP contribution in [0.3, 0.4) is 0 Å². The number of amides is 2. The highest BCUT2D eigenvalue weighted by molar-refractivity contribution is 6.31. The van der Waals surface area contributed by atoms with Crippen LogP contribution in [0.4, 0.5) is 24.5 Å². The molecule has 4 atom stereocenters. The maximum absolute atomic E-state index is 16.6. The largest absolute Gasteiger partial charge is 0.465 e. The molecule has 3 aliphatic heterocycles. The van der Waals surface area contributed by atoms with E-state index in [0.717, 1.165) is 6.08 Å². The molecule has 1 spiro atoms. The summed E-state index contributed by atoms with van der Waals surface area (Å²) in [5.41, 5.74) is -0.161. The van der Waals surface area contributed by atoms with Crippen molar-refractivity contribution in [3.8, 4) is 0 Å². The van der Waals surface area contributed by atoms with Crippen molar-refractivity contribution in [3.63, 3.8) is 0 Å². The molecule has 1 aliphatic carbocycles. The third-order valence-corrected chi connectivity index (χ3v) is 9.40. The summed E-state index contributed by atoms with van der Waals surface area (Å²) >= 11 is 12.1. The van der Waals surface area contributed by atoms with Crippen molar-refractivity contribution in [3.05, 3.63) is 94.3 Å². The molecule has 7 nitrogen and oxygen atoms in total. The number of rotatable bonds is 7. The van der Waals surface area contributed by atoms with Crippen molar-refractivity contribution in [1.29, 1.82) is 0 Å². The van der Waals surface area contributed by atoms with Crippen LogP contribution in [0.1, 0.15) is 28.8 Å². The quantitative estimate of drug-likeness (QED) is 0.277. The van der Waals surface area contributed by atoms with Crippen LogP contribution < -0.4 is 10.2 Å². The van der Waals surface area contributed by atoms with Crippen LogP contribution in [-0.2, 0) is 19.9 Å². The summed E-state index contributed by atoms with van der Waals surface area (Å²) in [7, 11) is 1.26. The Kier molecular flexibility index (Phi) is 7.66. The molecule has 1 N–H and O–H groups in total. The highest BCUT2D eigenvalue weighted by Crippen LogP contribution is 2.61. The molecule has 1 saturated carbocycles. The van der Waals surface area contributed by atoms with E-state index < -0.39 is 58.9 Å². The fourth-order valence-corrected chi connectivity index (χ4v) is 7.54. The number of fused-ring (bicyclic) bond motifs is 3. The van der Waals surface area contributed by atoms with Gasteiger partial charge in [-0.05, 0) is 54.5 Å². The van der Waals surface area contributed by atoms with Gasteiger partial charge in [0.15, 0.2) is 0 Å². The first-order valence-corrected chi connectivity index (χ1v) is 14.8. The van der Waals surface area contributed by atoms with Gasteiger partial charge in [-0.2, -0.15) is 0 Å². The SMILES string of the molecule is C=C(Cl)/C=C\C=C(/F)[C@H]1[C@@H]2C(=O)N(c3ccc(C(=O)OC)cc3)C[C@@H]2N(CC2CC(F)(F)C2)[C@@]12C(=O)Nc1cc(Cl)ccc12. The number of benzene rings is 2. The van der Waals surface area contributed by atoms with Crippen LogP contribution in [0.5, 0.6) is 0 Å². The molecular weight excluding hydrogens is 618 g/mol. The van der Waals surface area contributed by atoms with Crippen LogP contribution in [0.15, 0.2) is 78.1 Å². The molecular formula is C32H28Cl2F3N3O4. The van der Waals surface area contributed by atoms with E-state index in [0.29, 0.717) is 22.0 Å². The minimum absolute atomic E-state index is 0.0484. The fraction of sp³-hybridized carbons (Fsp3) is 0.344. The third-order valence-electron chi connectivity index (χ3n) is 9.04. The lowest BCUT2D eigenvalue weighted by atomic mass is 9.73. The lowest BCUT2D eigenvalue weighted by Gasteiger charge is -2.45. The zero-order valence-corrected chi connectivity index (χ0v) is 25.0. The summed E-state index contributed by atoms with van der Waals surface area (Å²) in [6.45, 7) is 3.68. The number of nitrogens with one attached hydrogen (secondary N) is 1. The van der Waals surface area contributed by atoms with Gasteiger partial charge in [0, 0.05) is 59.0 Å². The first kappa shape index (κ1) is 30.4. The van der Waals surface area contributed by atoms with Crippen LogP contribution in [0, 0.1) is 17.8 Å². The molecule has 0 bridgehead atoms. The number of allylic oxidation sites excluding steroid dienone is 4. The fourth-order valence-electron chi connectivity index (χ4n) is 7.30. The molecule has 3 heterocycles. The Labute approximate surface area is 261 Å². The van der Waals surface area contributed by atoms with Crippen molar-refractivity contribution in [2.45, 2.75) is 30.3 Å². The van der Waals surface area contributed by atoms with Gasteiger partial charge in [0.25, 0.3) is 0 Å². The second-order valence-corrected chi connectivity index (χ2v) is 12.5. The van der Waals surface area contributed by atoms with Crippen LogP contribution in [0.25, 0.3) is 0 Å². The predicted molar refractivity (Wildman–Crippen MR) is 160 cm³/mol. The first-order valence-electron chi connectivity index (χ1n) is 14.0. The van der Waals surface area contributed by atoms with E-state index in [-0.39, 0.29) is 36.5 Å². The number of carbonyl (C=O) groups excluding carboxylic acids is 3. The number of esters is 1. The number of hydrogen-bond acceptors (Lipinski definition) is 5. The number of likely N-dealkylation sites (tertiary alicyclic amines) is 1. The lowest BCUT2D eigenvalue weighted by molar-refractivity contribution is -0.137. The molecule has 4 aliphatic rings. The Morgan fingerprint density at radius 3 is 2.52 bits per heavy atom. The topological polar surface area (TPSA) is 79.0 Å². The van der Waals surface area contributed by atoms with Crippen molar-refractivity contribution in [2.75, 3.05) is 30.4 Å². The third kappa shape index (κ3) is 4.83. The number of nitrogens with zero attached hydrogens (tertiary/aromatic N) is 2. The number of halogens is 5. The second-order valence-electron chi connectivity index (χ2n) is 11.6. The standard InChI is InChI=1S/C32H28Cl2F3N3O4/c1-17(33)4-3-5-23(35)27-26-25(16-39(28(26)41)21-9-6-19(7-10-21)29(42)44-2)40(15-18-13-31(36,37)14-18)32(27)22-11-8-20(34)12-24(22)38-30(32)43/h3-12,18,25-27H,1,13-16H2,2H3,(H,38,43)/b4-3-,23-5-/t25-,26+,27-,32+/m0/s1. The van der Waals surface area contributed by atoms with Gasteiger partial charge in [-0.15, -0.1) is 0 Å². The van der Waals surface area contributed by atoms with Gasteiger partial charge in [-0.3, -0.25) is 14.5 Å². The number of carbonyl (C=O) groups is 3. The average molecular weight is 646 g/mol. The van der Waals surface area contributed by atoms with Gasteiger partial charge in [-0.25, -0.2) is 18.0 Å². The summed E-state index contributed by atoms with van der Waals surface area (Å²) in [5, 5.41) is 3.32. The Morgan fingerprint density at radius 2 is 1.89 bits per heavy atom. The van der Waals surface area contributed by atoms with Gasteiger partial charge in [0.2, 0.25) is 17.7 Å².